The Labute approximate surface area is 64.1 Å². The fourth-order valence-corrected chi connectivity index (χ4v) is 1.43. The largest absolute Gasteiger partial charge is 0.286 e. The maximum atomic E-state index is 4.31. The molecule has 0 amide bonds. The summed E-state index contributed by atoms with van der Waals surface area (Å²) in [4.78, 5) is 4.31. The molecule has 1 aliphatic rings. The molecule has 0 aromatic heterocycles. The topological polar surface area (TPSA) is 12.4 Å². The zero-order valence-electron chi connectivity index (χ0n) is 6.39. The van der Waals surface area contributed by atoms with Crippen molar-refractivity contribution >= 4 is 15.0 Å². The maximum absolute atomic E-state index is 4.31. The van der Waals surface area contributed by atoms with Crippen LogP contribution in [-0.2, 0) is 0 Å². The molecule has 0 saturated carbocycles. The zero-order chi connectivity index (χ0) is 7.56. The molecule has 1 aliphatic heterocycles. The van der Waals surface area contributed by atoms with Gasteiger partial charge in [-0.25, -0.2) is 0 Å². The van der Waals surface area contributed by atoms with Crippen molar-refractivity contribution in [2.75, 3.05) is 6.54 Å². The first-order valence-electron chi connectivity index (χ1n) is 3.34. The van der Waals surface area contributed by atoms with Crippen LogP contribution in [0.4, 0.5) is 0 Å². The Morgan fingerprint density at radius 1 is 1.40 bits per heavy atom. The molecule has 0 aromatic carbocycles. The van der Waals surface area contributed by atoms with Gasteiger partial charge in [-0.15, -0.1) is 9.24 Å². The molecule has 0 saturated heterocycles. The van der Waals surface area contributed by atoms with Crippen LogP contribution in [0.5, 0.6) is 0 Å². The van der Waals surface area contributed by atoms with Crippen molar-refractivity contribution in [1.29, 1.82) is 0 Å². The number of hydrogen-bond donors (Lipinski definition) is 0. The van der Waals surface area contributed by atoms with Crippen molar-refractivity contribution in [3.05, 3.63) is 23.0 Å². The van der Waals surface area contributed by atoms with E-state index in [1.165, 1.54) is 10.9 Å². The Hall–Kier alpha value is -0.420. The van der Waals surface area contributed by atoms with E-state index >= 15 is 0 Å². The fraction of sp³-hybridized carbons (Fsp3) is 0.375. The average Bonchev–Trinajstić information content (AvgIpc) is 1.93. The molecule has 0 radical (unpaired) electrons. The lowest BCUT2D eigenvalue weighted by Crippen LogP contribution is -1.86. The van der Waals surface area contributed by atoms with Crippen LogP contribution in [0, 0.1) is 0 Å². The van der Waals surface area contributed by atoms with E-state index in [1.807, 2.05) is 6.92 Å². The summed E-state index contributed by atoms with van der Waals surface area (Å²) in [5.74, 6) is 0. The van der Waals surface area contributed by atoms with Gasteiger partial charge in [-0.3, -0.25) is 4.99 Å². The van der Waals surface area contributed by atoms with Crippen molar-refractivity contribution in [3.8, 4) is 0 Å². The molecule has 0 spiro atoms. The van der Waals surface area contributed by atoms with Crippen LogP contribution < -0.4 is 0 Å². The zero-order valence-corrected chi connectivity index (χ0v) is 7.54. The number of nitrogens with zero attached hydrogens (tertiary/aromatic N) is 1. The Bertz CT molecular complexity index is 223. The number of rotatable bonds is 0. The minimum absolute atomic E-state index is 0.847. The molecule has 0 N–H and O–H groups in total. The second kappa shape index (κ2) is 3.12. The number of aliphatic imine (C=N–C) groups is 1. The summed E-state index contributed by atoms with van der Waals surface area (Å²) in [6.07, 6.45) is 4.21. The van der Waals surface area contributed by atoms with E-state index < -0.39 is 0 Å². The van der Waals surface area contributed by atoms with Gasteiger partial charge in [0.25, 0.3) is 0 Å². The molecule has 1 rings (SSSR count). The van der Waals surface area contributed by atoms with Gasteiger partial charge in [0, 0.05) is 5.71 Å². The monoisotopic (exact) mass is 153 g/mol. The third-order valence-electron chi connectivity index (χ3n) is 1.37. The van der Waals surface area contributed by atoms with Crippen LogP contribution in [0.15, 0.2) is 28.0 Å². The molecule has 0 bridgehead atoms. The summed E-state index contributed by atoms with van der Waals surface area (Å²) in [6, 6.07) is 0. The molecule has 54 valence electrons. The second-order valence-electron chi connectivity index (χ2n) is 2.59. The Balaban J connectivity index is 2.90. The lowest BCUT2D eigenvalue weighted by molar-refractivity contribution is 1.14. The molecule has 1 heterocycles. The average molecular weight is 153 g/mol. The summed E-state index contributed by atoms with van der Waals surface area (Å²) in [7, 11) is 2.69. The molecule has 2 heteroatoms. The SMILES string of the molecule is CC1=CC(P)=CC(C)=NC1. The van der Waals surface area contributed by atoms with Crippen molar-refractivity contribution in [3.63, 3.8) is 0 Å². The Morgan fingerprint density at radius 2 is 2.10 bits per heavy atom. The van der Waals surface area contributed by atoms with E-state index in [0.29, 0.717) is 0 Å². The highest BCUT2D eigenvalue weighted by Crippen LogP contribution is 2.13. The fourth-order valence-electron chi connectivity index (χ4n) is 0.908. The van der Waals surface area contributed by atoms with E-state index in [0.717, 1.165) is 12.3 Å². The molecule has 1 unspecified atom stereocenters. The lowest BCUT2D eigenvalue weighted by atomic mass is 10.3. The van der Waals surface area contributed by atoms with Crippen LogP contribution in [0.3, 0.4) is 0 Å². The highest BCUT2D eigenvalue weighted by Gasteiger charge is 1.95. The highest BCUT2D eigenvalue weighted by molar-refractivity contribution is 7.23. The second-order valence-corrected chi connectivity index (χ2v) is 3.26. The Kier molecular flexibility index (Phi) is 2.39. The van der Waals surface area contributed by atoms with Gasteiger partial charge < -0.3 is 0 Å². The third kappa shape index (κ3) is 2.07. The van der Waals surface area contributed by atoms with Crippen LogP contribution in [0.25, 0.3) is 0 Å². The Morgan fingerprint density at radius 3 is 2.80 bits per heavy atom. The summed E-state index contributed by atoms with van der Waals surface area (Å²) in [6.45, 7) is 4.97. The van der Waals surface area contributed by atoms with Crippen molar-refractivity contribution in [1.82, 2.24) is 0 Å². The van der Waals surface area contributed by atoms with Crippen molar-refractivity contribution in [2.24, 2.45) is 4.99 Å². The predicted octanol–water partition coefficient (Wildman–Crippen LogP) is 2.17. The minimum atomic E-state index is 0.847. The smallest absolute Gasteiger partial charge is 0.0603 e. The summed E-state index contributed by atoms with van der Waals surface area (Å²) < 4.78 is 0. The van der Waals surface area contributed by atoms with Crippen LogP contribution >= 0.6 is 9.24 Å². The maximum Gasteiger partial charge on any atom is 0.0603 e. The van der Waals surface area contributed by atoms with E-state index in [4.69, 9.17) is 0 Å². The molecular weight excluding hydrogens is 141 g/mol. The normalized spacial score (nSPS) is 18.9. The highest BCUT2D eigenvalue weighted by atomic mass is 31.0. The van der Waals surface area contributed by atoms with E-state index in [-0.39, 0.29) is 0 Å². The summed E-state index contributed by atoms with van der Waals surface area (Å²) in [5.41, 5.74) is 2.43. The predicted molar refractivity (Wildman–Crippen MR) is 49.5 cm³/mol. The van der Waals surface area contributed by atoms with E-state index in [2.05, 4.69) is 33.3 Å². The van der Waals surface area contributed by atoms with Crippen LogP contribution in [0.1, 0.15) is 13.8 Å². The molecule has 0 aliphatic carbocycles. The minimum Gasteiger partial charge on any atom is -0.286 e. The van der Waals surface area contributed by atoms with Crippen LogP contribution in [-0.4, -0.2) is 12.3 Å². The van der Waals surface area contributed by atoms with Gasteiger partial charge in [0.05, 0.1) is 6.54 Å². The molecule has 10 heavy (non-hydrogen) atoms. The molecule has 1 atom stereocenters. The first kappa shape index (κ1) is 7.68. The van der Waals surface area contributed by atoms with E-state index in [1.54, 1.807) is 0 Å². The standard InChI is InChI=1S/C8H12NP/c1-6-3-8(10)4-7(2)9-5-6/h3-4H,5,10H2,1-2H3. The first-order chi connectivity index (χ1) is 4.68. The van der Waals surface area contributed by atoms with Crippen LogP contribution in [0.2, 0.25) is 0 Å². The van der Waals surface area contributed by atoms with Gasteiger partial charge >= 0.3 is 0 Å². The number of allylic oxidation sites excluding steroid dienone is 3. The van der Waals surface area contributed by atoms with Gasteiger partial charge in [-0.2, -0.15) is 0 Å². The lowest BCUT2D eigenvalue weighted by Gasteiger charge is -1.90. The van der Waals surface area contributed by atoms with Gasteiger partial charge in [0.15, 0.2) is 0 Å². The van der Waals surface area contributed by atoms with Gasteiger partial charge in [-0.05, 0) is 25.2 Å². The van der Waals surface area contributed by atoms with Gasteiger partial charge in [0.1, 0.15) is 0 Å². The van der Waals surface area contributed by atoms with Crippen molar-refractivity contribution in [2.45, 2.75) is 13.8 Å². The molecule has 1 nitrogen and oxygen atoms in total. The van der Waals surface area contributed by atoms with Crippen molar-refractivity contribution < 1.29 is 0 Å². The third-order valence-corrected chi connectivity index (χ3v) is 1.70. The molecular formula is C8H12NP. The summed E-state index contributed by atoms with van der Waals surface area (Å²) in [5, 5.41) is 1.22. The number of hydrogen-bond acceptors (Lipinski definition) is 1. The molecule has 0 aromatic rings. The van der Waals surface area contributed by atoms with Gasteiger partial charge in [0.2, 0.25) is 0 Å². The van der Waals surface area contributed by atoms with Gasteiger partial charge in [-0.1, -0.05) is 11.6 Å². The quantitative estimate of drug-likeness (QED) is 0.473. The molecule has 0 fully saturated rings. The summed E-state index contributed by atoms with van der Waals surface area (Å²) >= 11 is 0. The van der Waals surface area contributed by atoms with E-state index in [9.17, 15) is 0 Å². The first-order valence-corrected chi connectivity index (χ1v) is 3.91.